The summed E-state index contributed by atoms with van der Waals surface area (Å²) in [5.74, 6) is -0.0159. The molecule has 1 aliphatic heterocycles. The molecular formula is C24H26N2O4S. The van der Waals surface area contributed by atoms with Gasteiger partial charge < -0.3 is 9.32 Å². The van der Waals surface area contributed by atoms with Crippen LogP contribution in [-0.2, 0) is 21.2 Å². The number of aryl methyl sites for hydroxylation is 2. The first-order chi connectivity index (χ1) is 14.8. The smallest absolute Gasteiger partial charge is 0.236 e. The molecule has 1 amide bonds. The number of hydrogen-bond donors (Lipinski definition) is 0. The number of benzene rings is 2. The molecule has 1 saturated heterocycles. The summed E-state index contributed by atoms with van der Waals surface area (Å²) in [5.41, 5.74) is 4.79. The van der Waals surface area contributed by atoms with E-state index in [9.17, 15) is 13.2 Å². The Morgan fingerprint density at radius 1 is 1.03 bits per heavy atom. The number of furan rings is 1. The van der Waals surface area contributed by atoms with Gasteiger partial charge in [0.2, 0.25) is 15.9 Å². The molecule has 0 spiro atoms. The fourth-order valence-corrected chi connectivity index (χ4v) is 4.93. The predicted octanol–water partition coefficient (Wildman–Crippen LogP) is 3.74. The molecule has 1 fully saturated rings. The lowest BCUT2D eigenvalue weighted by atomic mass is 10.0. The molecule has 2 heterocycles. The first-order valence-corrected chi connectivity index (χ1v) is 11.8. The van der Waals surface area contributed by atoms with Crippen molar-refractivity contribution >= 4 is 33.0 Å². The largest absolute Gasteiger partial charge is 0.464 e. The molecule has 31 heavy (non-hydrogen) atoms. The number of fused-ring (bicyclic) bond motifs is 1. The van der Waals surface area contributed by atoms with E-state index in [-0.39, 0.29) is 25.4 Å². The van der Waals surface area contributed by atoms with Gasteiger partial charge in [0.1, 0.15) is 5.58 Å². The highest BCUT2D eigenvalue weighted by Gasteiger charge is 2.27. The van der Waals surface area contributed by atoms with Crippen LogP contribution in [0.15, 0.2) is 58.6 Å². The third-order valence-corrected chi connectivity index (χ3v) is 7.36. The van der Waals surface area contributed by atoms with Gasteiger partial charge in [-0.3, -0.25) is 4.79 Å². The van der Waals surface area contributed by atoms with Gasteiger partial charge in [0.25, 0.3) is 0 Å². The van der Waals surface area contributed by atoms with Gasteiger partial charge in [-0.05, 0) is 48.7 Å². The Labute approximate surface area is 182 Å². The SMILES string of the molecule is Cc1cc2occ(CC(=O)N3CCN(S(=O)(=O)C=Cc4ccccc4)CC3)c2cc1C. The van der Waals surface area contributed by atoms with Gasteiger partial charge >= 0.3 is 0 Å². The molecular weight excluding hydrogens is 412 g/mol. The maximum absolute atomic E-state index is 12.8. The molecule has 0 N–H and O–H groups in total. The lowest BCUT2D eigenvalue weighted by Gasteiger charge is -2.33. The zero-order valence-corrected chi connectivity index (χ0v) is 18.6. The summed E-state index contributed by atoms with van der Waals surface area (Å²) in [6.07, 6.45) is 3.49. The highest BCUT2D eigenvalue weighted by atomic mass is 32.2. The molecule has 6 nitrogen and oxygen atoms in total. The Kier molecular flexibility index (Phi) is 5.98. The van der Waals surface area contributed by atoms with Crippen LogP contribution in [0.1, 0.15) is 22.3 Å². The average Bonchev–Trinajstić information content (AvgIpc) is 3.14. The van der Waals surface area contributed by atoms with E-state index in [1.807, 2.05) is 50.2 Å². The average molecular weight is 439 g/mol. The topological polar surface area (TPSA) is 70.8 Å². The molecule has 0 unspecified atom stereocenters. The fraction of sp³-hybridized carbons (Fsp3) is 0.292. The Hall–Kier alpha value is -2.90. The molecule has 3 aromatic rings. The van der Waals surface area contributed by atoms with Crippen LogP contribution in [-0.4, -0.2) is 49.7 Å². The van der Waals surface area contributed by atoms with Gasteiger partial charge in [-0.25, -0.2) is 8.42 Å². The number of carbonyl (C=O) groups is 1. The number of nitrogens with zero attached hydrogens (tertiary/aromatic N) is 2. The summed E-state index contributed by atoms with van der Waals surface area (Å²) in [6, 6.07) is 13.4. The van der Waals surface area contributed by atoms with E-state index >= 15 is 0 Å². The third-order valence-electron chi connectivity index (χ3n) is 5.79. The summed E-state index contributed by atoms with van der Waals surface area (Å²) in [6.45, 7) is 5.41. The van der Waals surface area contributed by atoms with Crippen molar-refractivity contribution in [3.8, 4) is 0 Å². The number of rotatable bonds is 5. The normalized spacial score (nSPS) is 15.7. The lowest BCUT2D eigenvalue weighted by molar-refractivity contribution is -0.131. The number of carbonyl (C=O) groups excluding carboxylic acids is 1. The maximum Gasteiger partial charge on any atom is 0.236 e. The zero-order chi connectivity index (χ0) is 22.0. The van der Waals surface area contributed by atoms with E-state index in [0.29, 0.717) is 13.1 Å². The van der Waals surface area contributed by atoms with Crippen LogP contribution >= 0.6 is 0 Å². The molecule has 1 aromatic heterocycles. The summed E-state index contributed by atoms with van der Waals surface area (Å²) in [4.78, 5) is 14.6. The zero-order valence-electron chi connectivity index (χ0n) is 17.7. The Morgan fingerprint density at radius 3 is 2.42 bits per heavy atom. The molecule has 0 atom stereocenters. The van der Waals surface area contributed by atoms with E-state index in [1.165, 1.54) is 9.71 Å². The minimum atomic E-state index is -3.52. The van der Waals surface area contributed by atoms with Gasteiger partial charge in [-0.2, -0.15) is 4.31 Å². The molecule has 1 aliphatic rings. The number of amides is 1. The van der Waals surface area contributed by atoms with Gasteiger partial charge in [-0.1, -0.05) is 30.3 Å². The van der Waals surface area contributed by atoms with Gasteiger partial charge in [-0.15, -0.1) is 0 Å². The van der Waals surface area contributed by atoms with E-state index in [0.717, 1.165) is 33.2 Å². The highest BCUT2D eigenvalue weighted by Crippen LogP contribution is 2.25. The quantitative estimate of drug-likeness (QED) is 0.609. The molecule has 162 valence electrons. The van der Waals surface area contributed by atoms with Crippen LogP contribution < -0.4 is 0 Å². The molecule has 7 heteroatoms. The molecule has 0 saturated carbocycles. The van der Waals surface area contributed by atoms with Gasteiger partial charge in [0.05, 0.1) is 12.7 Å². The first kappa shape index (κ1) is 21.3. The monoisotopic (exact) mass is 438 g/mol. The van der Waals surface area contributed by atoms with Crippen molar-refractivity contribution in [2.45, 2.75) is 20.3 Å². The Bertz CT molecular complexity index is 1220. The van der Waals surface area contributed by atoms with Crippen LogP contribution in [0.4, 0.5) is 0 Å². The van der Waals surface area contributed by atoms with Crippen LogP contribution in [0.2, 0.25) is 0 Å². The maximum atomic E-state index is 12.8. The molecule has 4 rings (SSSR count). The molecule has 2 aromatic carbocycles. The van der Waals surface area contributed by atoms with E-state index in [2.05, 4.69) is 6.07 Å². The van der Waals surface area contributed by atoms with Crippen LogP contribution in [0.25, 0.3) is 17.0 Å². The van der Waals surface area contributed by atoms with Crippen molar-refractivity contribution in [2.75, 3.05) is 26.2 Å². The molecule has 0 aliphatic carbocycles. The standard InChI is InChI=1S/C24H26N2O4S/c1-18-14-22-21(17-30-23(22)15-19(18)2)16-24(27)25-9-11-26(12-10-25)31(28,29)13-8-20-6-4-3-5-7-20/h3-8,13-15,17H,9-12,16H2,1-2H3. The van der Waals surface area contributed by atoms with Crippen molar-refractivity contribution in [3.05, 3.63) is 76.4 Å². The second-order valence-corrected chi connectivity index (χ2v) is 9.73. The van der Waals surface area contributed by atoms with Gasteiger partial charge in [0, 0.05) is 42.5 Å². The summed E-state index contributed by atoms with van der Waals surface area (Å²) in [7, 11) is -3.52. The minimum absolute atomic E-state index is 0.0159. The Morgan fingerprint density at radius 2 is 1.71 bits per heavy atom. The van der Waals surface area contributed by atoms with Crippen molar-refractivity contribution in [2.24, 2.45) is 0 Å². The minimum Gasteiger partial charge on any atom is -0.464 e. The van der Waals surface area contributed by atoms with Crippen LogP contribution in [0, 0.1) is 13.8 Å². The summed E-state index contributed by atoms with van der Waals surface area (Å²) >= 11 is 0. The number of sulfonamides is 1. The first-order valence-electron chi connectivity index (χ1n) is 10.3. The molecule has 0 bridgehead atoms. The second kappa shape index (κ2) is 8.69. The van der Waals surface area contributed by atoms with E-state index < -0.39 is 10.0 Å². The Balaban J connectivity index is 1.38. The summed E-state index contributed by atoms with van der Waals surface area (Å²) in [5, 5.41) is 2.20. The van der Waals surface area contributed by atoms with E-state index in [4.69, 9.17) is 4.42 Å². The van der Waals surface area contributed by atoms with Crippen LogP contribution in [0.3, 0.4) is 0 Å². The summed E-state index contributed by atoms with van der Waals surface area (Å²) < 4.78 is 32.3. The van der Waals surface area contributed by atoms with Gasteiger partial charge in [0.15, 0.2) is 0 Å². The highest BCUT2D eigenvalue weighted by molar-refractivity contribution is 7.92. The second-order valence-electron chi connectivity index (χ2n) is 7.91. The van der Waals surface area contributed by atoms with Crippen molar-refractivity contribution < 1.29 is 17.6 Å². The van der Waals surface area contributed by atoms with E-state index in [1.54, 1.807) is 17.2 Å². The van der Waals surface area contributed by atoms with Crippen LogP contribution in [0.5, 0.6) is 0 Å². The van der Waals surface area contributed by atoms with Crippen molar-refractivity contribution in [3.63, 3.8) is 0 Å². The number of hydrogen-bond acceptors (Lipinski definition) is 4. The van der Waals surface area contributed by atoms with Crippen molar-refractivity contribution in [1.29, 1.82) is 0 Å². The third kappa shape index (κ3) is 4.73. The number of piperazine rings is 1. The van der Waals surface area contributed by atoms with Crippen molar-refractivity contribution in [1.82, 2.24) is 9.21 Å². The predicted molar refractivity (Wildman–Crippen MR) is 122 cm³/mol. The molecule has 0 radical (unpaired) electrons. The lowest BCUT2D eigenvalue weighted by Crippen LogP contribution is -2.50. The fourth-order valence-electron chi connectivity index (χ4n) is 3.75.